The van der Waals surface area contributed by atoms with E-state index in [1.54, 1.807) is 18.2 Å². The number of phenolic OH excluding ortho intramolecular Hbond substituents is 1. The first-order valence-electron chi connectivity index (χ1n) is 8.79. The lowest BCUT2D eigenvalue weighted by Crippen LogP contribution is -2.60. The molecule has 0 saturated carbocycles. The molecule has 0 radical (unpaired) electrons. The van der Waals surface area contributed by atoms with Gasteiger partial charge in [0.2, 0.25) is 0 Å². The number of pyridine rings is 1. The normalized spacial score (nSPS) is 21.0. The van der Waals surface area contributed by atoms with Crippen LogP contribution in [0.5, 0.6) is 5.75 Å². The van der Waals surface area contributed by atoms with Crippen LogP contribution in [0.3, 0.4) is 0 Å². The fraction of sp³-hybridized carbons (Fsp3) is 0.400. The molecule has 0 bridgehead atoms. The number of thioether (sulfide) groups is 1. The van der Waals surface area contributed by atoms with Gasteiger partial charge in [0.15, 0.2) is 0 Å². The molecular formula is C20H22N2O3S. The number of aromatic hydroxyl groups is 1. The smallest absolute Gasteiger partial charge is 0.254 e. The fourth-order valence-electron chi connectivity index (χ4n) is 3.63. The Kier molecular flexibility index (Phi) is 4.63. The highest BCUT2D eigenvalue weighted by Crippen LogP contribution is 2.46. The van der Waals surface area contributed by atoms with Crippen LogP contribution in [0.4, 0.5) is 0 Å². The number of nitrogens with zero attached hydrogens (tertiary/aromatic N) is 2. The minimum absolute atomic E-state index is 0.0135. The summed E-state index contributed by atoms with van der Waals surface area (Å²) < 4.78 is 6.17. The summed E-state index contributed by atoms with van der Waals surface area (Å²) in [5.74, 6) is 1.07. The summed E-state index contributed by atoms with van der Waals surface area (Å²) in [5, 5.41) is 9.55. The molecule has 26 heavy (non-hydrogen) atoms. The number of ether oxygens (including phenoxy) is 1. The van der Waals surface area contributed by atoms with Crippen molar-refractivity contribution in [2.45, 2.75) is 30.8 Å². The number of hydrogen-bond donors (Lipinski definition) is 1. The van der Waals surface area contributed by atoms with Gasteiger partial charge in [-0.3, -0.25) is 9.78 Å². The molecule has 1 N–H and O–H groups in total. The molecule has 2 fully saturated rings. The quantitative estimate of drug-likeness (QED) is 0.896. The number of aromatic nitrogens is 1. The second-order valence-electron chi connectivity index (χ2n) is 7.11. The van der Waals surface area contributed by atoms with Gasteiger partial charge >= 0.3 is 0 Å². The van der Waals surface area contributed by atoms with Gasteiger partial charge in [-0.2, -0.15) is 0 Å². The Morgan fingerprint density at radius 1 is 1.35 bits per heavy atom. The molecule has 1 atom stereocenters. The summed E-state index contributed by atoms with van der Waals surface area (Å²) in [6, 6.07) is 12.5. The molecule has 2 aliphatic rings. The summed E-state index contributed by atoms with van der Waals surface area (Å²) in [6.07, 6.45) is 1.17. The maximum Gasteiger partial charge on any atom is 0.254 e. The van der Waals surface area contributed by atoms with Crippen LogP contribution in [0.15, 0.2) is 42.5 Å². The van der Waals surface area contributed by atoms with E-state index in [4.69, 9.17) is 4.74 Å². The number of carbonyl (C=O) groups excluding carboxylic acids is 1. The number of phenols is 1. The van der Waals surface area contributed by atoms with Gasteiger partial charge in [0.1, 0.15) is 5.75 Å². The fourth-order valence-corrected chi connectivity index (χ4v) is 5.18. The Labute approximate surface area is 157 Å². The molecule has 0 unspecified atom stereocenters. The molecule has 3 heterocycles. The lowest BCUT2D eigenvalue weighted by Gasteiger charge is -2.47. The van der Waals surface area contributed by atoms with Gasteiger partial charge in [-0.05, 0) is 43.7 Å². The third kappa shape index (κ3) is 3.57. The summed E-state index contributed by atoms with van der Waals surface area (Å²) in [7, 11) is 0. The Bertz CT molecular complexity index is 820. The Balaban J connectivity index is 1.29. The zero-order valence-electron chi connectivity index (χ0n) is 14.7. The Morgan fingerprint density at radius 2 is 2.15 bits per heavy atom. The van der Waals surface area contributed by atoms with Crippen LogP contribution in [-0.2, 0) is 11.3 Å². The summed E-state index contributed by atoms with van der Waals surface area (Å²) in [5.41, 5.74) is 2.51. The number of rotatable bonds is 4. The van der Waals surface area contributed by atoms with Crippen molar-refractivity contribution in [3.63, 3.8) is 0 Å². The molecule has 1 aromatic carbocycles. The van der Waals surface area contributed by atoms with E-state index in [9.17, 15) is 9.90 Å². The molecule has 1 aromatic heterocycles. The highest BCUT2D eigenvalue weighted by Gasteiger charge is 2.51. The van der Waals surface area contributed by atoms with Gasteiger partial charge in [-0.15, -0.1) is 11.8 Å². The molecule has 136 valence electrons. The topological polar surface area (TPSA) is 62.7 Å². The lowest BCUT2D eigenvalue weighted by atomic mass is 9.92. The second kappa shape index (κ2) is 6.93. The van der Waals surface area contributed by atoms with Crippen molar-refractivity contribution in [1.82, 2.24) is 9.88 Å². The predicted molar refractivity (Wildman–Crippen MR) is 101 cm³/mol. The third-order valence-corrected chi connectivity index (χ3v) is 6.50. The maximum absolute atomic E-state index is 12.5. The number of carbonyl (C=O) groups is 1. The molecule has 5 nitrogen and oxygen atoms in total. The van der Waals surface area contributed by atoms with Crippen LogP contribution in [-0.4, -0.2) is 50.6 Å². The molecule has 2 aliphatic heterocycles. The Morgan fingerprint density at radius 3 is 2.92 bits per heavy atom. The van der Waals surface area contributed by atoms with Gasteiger partial charge in [0.05, 0.1) is 23.2 Å². The first-order chi connectivity index (χ1) is 12.5. The monoisotopic (exact) mass is 370 g/mol. The zero-order valence-corrected chi connectivity index (χ0v) is 15.5. The van der Waals surface area contributed by atoms with Gasteiger partial charge < -0.3 is 14.7 Å². The third-order valence-electron chi connectivity index (χ3n) is 4.93. The largest absolute Gasteiger partial charge is 0.508 e. The van der Waals surface area contributed by atoms with Gasteiger partial charge in [-0.1, -0.05) is 12.1 Å². The molecule has 2 aromatic rings. The molecule has 6 heteroatoms. The highest BCUT2D eigenvalue weighted by molar-refractivity contribution is 8.01. The van der Waals surface area contributed by atoms with Gasteiger partial charge in [0.25, 0.3) is 5.91 Å². The van der Waals surface area contributed by atoms with Crippen molar-refractivity contribution in [2.24, 2.45) is 0 Å². The standard InChI is InChI=1S/C20H22N2O3S/c1-14-4-2-6-16(21-14)10-25-18-9-20(26-11-18)12-22(13-20)19(24)15-5-3-7-17(23)8-15/h2-8,18,23H,9-13H2,1H3/t18-/m1/s1. The predicted octanol–water partition coefficient (Wildman–Crippen LogP) is 3.01. The average Bonchev–Trinajstić information content (AvgIpc) is 3.03. The van der Waals surface area contributed by atoms with E-state index < -0.39 is 0 Å². The van der Waals surface area contributed by atoms with Crippen molar-refractivity contribution in [3.8, 4) is 5.75 Å². The van der Waals surface area contributed by atoms with E-state index in [-0.39, 0.29) is 22.5 Å². The molecule has 1 spiro atoms. The first-order valence-corrected chi connectivity index (χ1v) is 9.78. The van der Waals surface area contributed by atoms with Crippen LogP contribution in [0.25, 0.3) is 0 Å². The average molecular weight is 370 g/mol. The minimum Gasteiger partial charge on any atom is -0.508 e. The van der Waals surface area contributed by atoms with Crippen molar-refractivity contribution in [1.29, 1.82) is 0 Å². The number of likely N-dealkylation sites (tertiary alicyclic amines) is 1. The van der Waals surface area contributed by atoms with Crippen molar-refractivity contribution in [3.05, 3.63) is 59.4 Å². The first kappa shape index (κ1) is 17.4. The number of hydrogen-bond acceptors (Lipinski definition) is 5. The molecule has 0 aliphatic carbocycles. The Hall–Kier alpha value is -2.05. The number of aryl methyl sites for hydroxylation is 1. The van der Waals surface area contributed by atoms with Gasteiger partial charge in [-0.25, -0.2) is 0 Å². The summed E-state index contributed by atoms with van der Waals surface area (Å²) >= 11 is 1.91. The SMILES string of the molecule is Cc1cccc(CO[C@H]2CSC3(C2)CN(C(=O)c2cccc(O)c2)C3)n1. The highest BCUT2D eigenvalue weighted by atomic mass is 32.2. The van der Waals surface area contributed by atoms with E-state index in [0.29, 0.717) is 12.2 Å². The lowest BCUT2D eigenvalue weighted by molar-refractivity contribution is 0.0245. The van der Waals surface area contributed by atoms with Crippen molar-refractivity contribution >= 4 is 17.7 Å². The molecule has 2 saturated heterocycles. The van der Waals surface area contributed by atoms with Crippen LogP contribution in [0, 0.1) is 6.92 Å². The van der Waals surface area contributed by atoms with E-state index in [0.717, 1.165) is 36.7 Å². The number of amides is 1. The van der Waals surface area contributed by atoms with Crippen molar-refractivity contribution < 1.29 is 14.6 Å². The van der Waals surface area contributed by atoms with Crippen LogP contribution in [0.1, 0.15) is 28.2 Å². The minimum atomic E-state index is -0.0135. The van der Waals surface area contributed by atoms with E-state index >= 15 is 0 Å². The van der Waals surface area contributed by atoms with E-state index in [1.165, 1.54) is 6.07 Å². The maximum atomic E-state index is 12.5. The summed E-state index contributed by atoms with van der Waals surface area (Å²) in [4.78, 5) is 18.8. The summed E-state index contributed by atoms with van der Waals surface area (Å²) in [6.45, 7) is 4.01. The van der Waals surface area contributed by atoms with Gasteiger partial charge in [0, 0.05) is 30.1 Å². The molecule has 1 amide bonds. The van der Waals surface area contributed by atoms with E-state index in [2.05, 4.69) is 4.98 Å². The number of benzene rings is 1. The van der Waals surface area contributed by atoms with Crippen LogP contribution < -0.4 is 0 Å². The van der Waals surface area contributed by atoms with Crippen LogP contribution in [0.2, 0.25) is 0 Å². The second-order valence-corrected chi connectivity index (χ2v) is 8.60. The molecule has 4 rings (SSSR count). The molecular weight excluding hydrogens is 348 g/mol. The zero-order chi connectivity index (χ0) is 18.1. The van der Waals surface area contributed by atoms with E-state index in [1.807, 2.05) is 41.8 Å². The van der Waals surface area contributed by atoms with Crippen molar-refractivity contribution in [2.75, 3.05) is 18.8 Å². The van der Waals surface area contributed by atoms with Crippen LogP contribution >= 0.6 is 11.8 Å².